The van der Waals surface area contributed by atoms with E-state index in [1.807, 2.05) is 0 Å². The third kappa shape index (κ3) is 3.85. The highest BCUT2D eigenvalue weighted by atomic mass is 35.5. The van der Waals surface area contributed by atoms with Gasteiger partial charge in [-0.3, -0.25) is 4.79 Å². The van der Waals surface area contributed by atoms with Crippen molar-refractivity contribution < 1.29 is 17.9 Å². The molecule has 0 aliphatic carbocycles. The van der Waals surface area contributed by atoms with Crippen LogP contribution >= 0.6 is 23.2 Å². The van der Waals surface area contributed by atoms with Crippen molar-refractivity contribution in [3.05, 3.63) is 28.2 Å². The van der Waals surface area contributed by atoms with Crippen molar-refractivity contribution in [2.24, 2.45) is 0 Å². The van der Waals surface area contributed by atoms with E-state index in [2.05, 4.69) is 4.74 Å². The number of methoxy groups -OCH3 is 1. The molecule has 8 heteroatoms. The Kier molecular flexibility index (Phi) is 6.26. The van der Waals surface area contributed by atoms with Crippen LogP contribution in [0, 0.1) is 0 Å². The maximum Gasteiger partial charge on any atom is 0.306 e. The van der Waals surface area contributed by atoms with E-state index in [1.54, 1.807) is 13.0 Å². The molecule has 0 aliphatic rings. The molecule has 0 aromatic heterocycles. The number of hydrogen-bond donors (Lipinski definition) is 0. The van der Waals surface area contributed by atoms with Crippen LogP contribution in [-0.2, 0) is 19.6 Å². The van der Waals surface area contributed by atoms with Gasteiger partial charge in [0.05, 0.1) is 23.6 Å². The molecule has 0 N–H and O–H groups in total. The van der Waals surface area contributed by atoms with Crippen LogP contribution in [0.1, 0.15) is 13.3 Å². The van der Waals surface area contributed by atoms with Crippen molar-refractivity contribution in [1.82, 2.24) is 4.31 Å². The highest BCUT2D eigenvalue weighted by molar-refractivity contribution is 7.89. The fourth-order valence-electron chi connectivity index (χ4n) is 1.62. The average Bonchev–Trinajstić information content (AvgIpc) is 2.38. The van der Waals surface area contributed by atoms with Crippen LogP contribution in [0.15, 0.2) is 23.1 Å². The van der Waals surface area contributed by atoms with Crippen molar-refractivity contribution in [2.75, 3.05) is 20.2 Å². The van der Waals surface area contributed by atoms with Gasteiger partial charge in [-0.2, -0.15) is 4.31 Å². The second-order valence-corrected chi connectivity index (χ2v) is 6.56. The van der Waals surface area contributed by atoms with E-state index < -0.39 is 16.0 Å². The van der Waals surface area contributed by atoms with Gasteiger partial charge in [-0.1, -0.05) is 36.2 Å². The smallest absolute Gasteiger partial charge is 0.306 e. The summed E-state index contributed by atoms with van der Waals surface area (Å²) in [6, 6.07) is 4.47. The van der Waals surface area contributed by atoms with Crippen LogP contribution in [0.4, 0.5) is 0 Å². The summed E-state index contributed by atoms with van der Waals surface area (Å²) in [5.41, 5.74) is 0. The number of esters is 1. The Balaban J connectivity index is 3.10. The van der Waals surface area contributed by atoms with E-state index in [1.165, 1.54) is 19.2 Å². The van der Waals surface area contributed by atoms with Gasteiger partial charge in [0.25, 0.3) is 0 Å². The zero-order chi connectivity index (χ0) is 15.3. The van der Waals surface area contributed by atoms with Gasteiger partial charge in [0.2, 0.25) is 10.0 Å². The maximum absolute atomic E-state index is 12.5. The Hall–Kier alpha value is -0.820. The summed E-state index contributed by atoms with van der Waals surface area (Å²) < 4.78 is 30.7. The highest BCUT2D eigenvalue weighted by Crippen LogP contribution is 2.31. The molecule has 0 spiro atoms. The second kappa shape index (κ2) is 7.26. The van der Waals surface area contributed by atoms with Gasteiger partial charge >= 0.3 is 5.97 Å². The summed E-state index contributed by atoms with van der Waals surface area (Å²) in [6.45, 7) is 1.87. The zero-order valence-corrected chi connectivity index (χ0v) is 13.4. The van der Waals surface area contributed by atoms with Gasteiger partial charge in [-0.15, -0.1) is 0 Å². The lowest BCUT2D eigenvalue weighted by atomic mass is 10.4. The van der Waals surface area contributed by atoms with Gasteiger partial charge in [0.15, 0.2) is 0 Å². The lowest BCUT2D eigenvalue weighted by Gasteiger charge is -2.21. The monoisotopic (exact) mass is 339 g/mol. The van der Waals surface area contributed by atoms with Crippen LogP contribution in [0.2, 0.25) is 10.0 Å². The number of sulfonamides is 1. The van der Waals surface area contributed by atoms with Crippen molar-refractivity contribution in [3.63, 3.8) is 0 Å². The van der Waals surface area contributed by atoms with Crippen LogP contribution < -0.4 is 0 Å². The lowest BCUT2D eigenvalue weighted by molar-refractivity contribution is -0.140. The first-order chi connectivity index (χ1) is 9.34. The van der Waals surface area contributed by atoms with Crippen molar-refractivity contribution in [3.8, 4) is 0 Å². The van der Waals surface area contributed by atoms with E-state index in [0.29, 0.717) is 0 Å². The number of halogens is 2. The minimum absolute atomic E-state index is 0.00700. The van der Waals surface area contributed by atoms with Gasteiger partial charge in [-0.05, 0) is 12.1 Å². The van der Waals surface area contributed by atoms with Crippen molar-refractivity contribution >= 4 is 39.2 Å². The molecule has 0 bridgehead atoms. The first-order valence-electron chi connectivity index (χ1n) is 5.85. The predicted octanol–water partition coefficient (Wildman–Crippen LogP) is 2.57. The summed E-state index contributed by atoms with van der Waals surface area (Å²) in [4.78, 5) is 11.0. The fraction of sp³-hybridized carbons (Fsp3) is 0.417. The Bertz CT molecular complexity index is 569. The van der Waals surface area contributed by atoms with Crippen molar-refractivity contribution in [2.45, 2.75) is 18.2 Å². The summed E-state index contributed by atoms with van der Waals surface area (Å²) in [6.07, 6.45) is -0.0361. The SMILES string of the molecule is CCN(CCC(=O)OC)S(=O)(=O)c1c(Cl)cccc1Cl. The molecule has 112 valence electrons. The van der Waals surface area contributed by atoms with E-state index in [0.717, 1.165) is 4.31 Å². The Morgan fingerprint density at radius 1 is 1.30 bits per heavy atom. The Morgan fingerprint density at radius 2 is 1.85 bits per heavy atom. The van der Waals surface area contributed by atoms with Gasteiger partial charge in [-0.25, -0.2) is 8.42 Å². The first-order valence-corrected chi connectivity index (χ1v) is 8.05. The number of carbonyl (C=O) groups is 1. The molecule has 0 heterocycles. The minimum atomic E-state index is -3.85. The third-order valence-corrected chi connectivity index (χ3v) is 5.59. The van der Waals surface area contributed by atoms with E-state index in [9.17, 15) is 13.2 Å². The second-order valence-electron chi connectivity index (χ2n) is 3.87. The topological polar surface area (TPSA) is 63.7 Å². The molecule has 0 saturated heterocycles. The molecule has 0 amide bonds. The fourth-order valence-corrected chi connectivity index (χ4v) is 4.17. The molecule has 20 heavy (non-hydrogen) atoms. The number of ether oxygens (including phenoxy) is 1. The first kappa shape index (κ1) is 17.2. The molecular formula is C12H15Cl2NO4S. The van der Waals surface area contributed by atoms with Gasteiger partial charge in [0, 0.05) is 13.1 Å². The molecule has 1 aromatic carbocycles. The van der Waals surface area contributed by atoms with Crippen molar-refractivity contribution in [1.29, 1.82) is 0 Å². The normalized spacial score (nSPS) is 11.7. The molecule has 0 fully saturated rings. The maximum atomic E-state index is 12.5. The third-order valence-electron chi connectivity index (χ3n) is 2.66. The number of nitrogens with zero attached hydrogens (tertiary/aromatic N) is 1. The number of carbonyl (C=O) groups excluding carboxylic acids is 1. The quantitative estimate of drug-likeness (QED) is 0.747. The van der Waals surface area contributed by atoms with Gasteiger partial charge < -0.3 is 4.74 Å². The average molecular weight is 340 g/mol. The Labute approximate surface area is 128 Å². The molecule has 0 saturated carbocycles. The molecule has 5 nitrogen and oxygen atoms in total. The van der Waals surface area contributed by atoms with Gasteiger partial charge in [0.1, 0.15) is 4.90 Å². The standard InChI is InChI=1S/C12H15Cl2NO4S/c1-3-15(8-7-11(16)19-2)20(17,18)12-9(13)5-4-6-10(12)14/h4-6H,3,7-8H2,1-2H3. The van der Waals surface area contributed by atoms with E-state index >= 15 is 0 Å². The molecule has 0 radical (unpaired) electrons. The summed E-state index contributed by atoms with van der Waals surface area (Å²) in [7, 11) is -2.61. The molecule has 1 rings (SSSR count). The number of rotatable bonds is 6. The van der Waals surface area contributed by atoms with E-state index in [4.69, 9.17) is 23.2 Å². The lowest BCUT2D eigenvalue weighted by Crippen LogP contribution is -2.33. The number of hydrogen-bond acceptors (Lipinski definition) is 4. The molecule has 1 aromatic rings. The highest BCUT2D eigenvalue weighted by Gasteiger charge is 2.28. The summed E-state index contributed by atoms with van der Waals surface area (Å²) in [5, 5.41) is 0.100. The van der Waals surface area contributed by atoms with E-state index in [-0.39, 0.29) is 34.5 Å². The largest absolute Gasteiger partial charge is 0.469 e. The van der Waals surface area contributed by atoms with Crippen LogP contribution in [0.3, 0.4) is 0 Å². The minimum Gasteiger partial charge on any atom is -0.469 e. The predicted molar refractivity (Wildman–Crippen MR) is 77.5 cm³/mol. The van der Waals surface area contributed by atoms with Crippen LogP contribution in [0.25, 0.3) is 0 Å². The zero-order valence-electron chi connectivity index (χ0n) is 11.1. The van der Waals surface area contributed by atoms with Crippen LogP contribution in [0.5, 0.6) is 0 Å². The molecule has 0 aliphatic heterocycles. The molecule has 0 atom stereocenters. The summed E-state index contributed by atoms with van der Waals surface area (Å²) in [5.74, 6) is -0.482. The molecule has 0 unspecified atom stereocenters. The van der Waals surface area contributed by atoms with Crippen LogP contribution in [-0.4, -0.2) is 38.9 Å². The molecular weight excluding hydrogens is 325 g/mol. The number of benzene rings is 1. The Morgan fingerprint density at radius 3 is 2.30 bits per heavy atom. The summed E-state index contributed by atoms with van der Waals surface area (Å²) >= 11 is 11.8.